The summed E-state index contributed by atoms with van der Waals surface area (Å²) in [6.45, 7) is 1.00. The van der Waals surface area contributed by atoms with Gasteiger partial charge < -0.3 is 9.47 Å². The quantitative estimate of drug-likeness (QED) is 0.352. The van der Waals surface area contributed by atoms with E-state index in [4.69, 9.17) is 9.47 Å². The van der Waals surface area contributed by atoms with Gasteiger partial charge in [0, 0.05) is 6.08 Å². The van der Waals surface area contributed by atoms with E-state index >= 15 is 0 Å². The maximum Gasteiger partial charge on any atom is 0.409 e. The minimum absolute atomic E-state index is 0.0137. The molecule has 2 aromatic carbocycles. The summed E-state index contributed by atoms with van der Waals surface area (Å²) in [5.41, 5.74) is -0.538. The largest absolute Gasteiger partial charge is 0.460 e. The van der Waals surface area contributed by atoms with Gasteiger partial charge in [0.25, 0.3) is 0 Å². The van der Waals surface area contributed by atoms with Crippen LogP contribution in [0.2, 0.25) is 0 Å². The van der Waals surface area contributed by atoms with Crippen LogP contribution in [0.15, 0.2) is 72.8 Å². The van der Waals surface area contributed by atoms with Gasteiger partial charge in [-0.25, -0.2) is 0 Å². The first-order chi connectivity index (χ1) is 13.7. The summed E-state index contributed by atoms with van der Waals surface area (Å²) in [7, 11) is 0. The molecule has 0 aliphatic carbocycles. The lowest BCUT2D eigenvalue weighted by atomic mass is 9.86. The minimum atomic E-state index is -4.55. The Morgan fingerprint density at radius 1 is 0.828 bits per heavy atom. The third-order valence-corrected chi connectivity index (χ3v) is 4.16. The Morgan fingerprint density at radius 3 is 1.62 bits per heavy atom. The highest BCUT2D eigenvalue weighted by molar-refractivity contribution is 5.99. The third kappa shape index (κ3) is 7.10. The molecule has 0 heterocycles. The van der Waals surface area contributed by atoms with Crippen molar-refractivity contribution in [3.63, 3.8) is 0 Å². The summed E-state index contributed by atoms with van der Waals surface area (Å²) < 4.78 is 47.7. The Bertz CT molecular complexity index is 775. The smallest absolute Gasteiger partial charge is 0.409 e. The lowest BCUT2D eigenvalue weighted by Gasteiger charge is -2.24. The second-order valence-electron chi connectivity index (χ2n) is 6.60. The van der Waals surface area contributed by atoms with Gasteiger partial charge in [-0.15, -0.1) is 0 Å². The van der Waals surface area contributed by atoms with E-state index < -0.39 is 30.0 Å². The van der Waals surface area contributed by atoms with Crippen molar-refractivity contribution in [1.29, 1.82) is 0 Å². The molecule has 2 rings (SSSR count). The van der Waals surface area contributed by atoms with Crippen molar-refractivity contribution in [3.05, 3.63) is 83.9 Å². The molecule has 0 unspecified atom stereocenters. The van der Waals surface area contributed by atoms with Crippen molar-refractivity contribution >= 4 is 11.9 Å². The molecule has 0 amide bonds. The molecule has 0 atom stereocenters. The highest BCUT2D eigenvalue weighted by Crippen LogP contribution is 2.29. The predicted molar refractivity (Wildman–Crippen MR) is 100 cm³/mol. The van der Waals surface area contributed by atoms with Crippen molar-refractivity contribution in [1.82, 2.24) is 0 Å². The van der Waals surface area contributed by atoms with Crippen LogP contribution in [0.4, 0.5) is 13.2 Å². The SMILES string of the molecule is CC(C/C=C/C(F)(F)F)(C(=O)OCc1ccccc1)C(=O)OCc1ccccc1. The predicted octanol–water partition coefficient (Wildman–Crippen LogP) is 4.99. The Balaban J connectivity index is 2.11. The van der Waals surface area contributed by atoms with Crippen molar-refractivity contribution in [2.24, 2.45) is 5.41 Å². The van der Waals surface area contributed by atoms with E-state index in [1.165, 1.54) is 6.92 Å². The molecular formula is C22H21F3O4. The lowest BCUT2D eigenvalue weighted by molar-refractivity contribution is -0.172. The fourth-order valence-electron chi connectivity index (χ4n) is 2.44. The van der Waals surface area contributed by atoms with Crippen molar-refractivity contribution < 1.29 is 32.2 Å². The summed E-state index contributed by atoms with van der Waals surface area (Å²) in [4.78, 5) is 25.2. The first-order valence-electron chi connectivity index (χ1n) is 8.87. The summed E-state index contributed by atoms with van der Waals surface area (Å²) in [5, 5.41) is 0. The molecular weight excluding hydrogens is 385 g/mol. The second kappa shape index (κ2) is 9.91. The standard InChI is InChI=1S/C22H21F3O4/c1-21(13-8-14-22(23,24)25,19(26)28-15-17-9-4-2-5-10-17)20(27)29-16-18-11-6-3-7-12-18/h2-12,14H,13,15-16H2,1H3/b14-8+. The fourth-order valence-corrected chi connectivity index (χ4v) is 2.44. The molecule has 0 radical (unpaired) electrons. The van der Waals surface area contributed by atoms with Crippen molar-refractivity contribution in [2.45, 2.75) is 32.7 Å². The van der Waals surface area contributed by atoms with Gasteiger partial charge in [0.05, 0.1) is 0 Å². The number of hydrogen-bond acceptors (Lipinski definition) is 4. The van der Waals surface area contributed by atoms with E-state index in [9.17, 15) is 22.8 Å². The summed E-state index contributed by atoms with van der Waals surface area (Å²) in [6, 6.07) is 17.5. The summed E-state index contributed by atoms with van der Waals surface area (Å²) >= 11 is 0. The van der Waals surface area contributed by atoms with Crippen LogP contribution in [-0.2, 0) is 32.3 Å². The number of rotatable bonds is 8. The average Bonchev–Trinajstić information content (AvgIpc) is 2.70. The molecule has 2 aromatic rings. The van der Waals surface area contributed by atoms with Crippen LogP contribution in [0.3, 0.4) is 0 Å². The van der Waals surface area contributed by atoms with Gasteiger partial charge in [0.2, 0.25) is 0 Å². The number of hydrogen-bond donors (Lipinski definition) is 0. The van der Waals surface area contributed by atoms with Gasteiger partial charge in [0.1, 0.15) is 13.2 Å². The van der Waals surface area contributed by atoms with Crippen molar-refractivity contribution in [3.8, 4) is 0 Å². The van der Waals surface area contributed by atoms with Crippen LogP contribution in [0.1, 0.15) is 24.5 Å². The van der Waals surface area contributed by atoms with Gasteiger partial charge in [-0.1, -0.05) is 66.7 Å². The number of allylic oxidation sites excluding steroid dienone is 2. The number of benzene rings is 2. The number of carbonyl (C=O) groups excluding carboxylic acids is 2. The van der Waals surface area contributed by atoms with Crippen LogP contribution in [-0.4, -0.2) is 18.1 Å². The van der Waals surface area contributed by atoms with E-state index in [1.807, 2.05) is 0 Å². The van der Waals surface area contributed by atoms with E-state index in [0.717, 1.165) is 6.08 Å². The number of carbonyl (C=O) groups is 2. The maximum atomic E-state index is 12.6. The molecule has 0 spiro atoms. The molecule has 0 N–H and O–H groups in total. The molecule has 0 aliphatic heterocycles. The van der Waals surface area contributed by atoms with E-state index in [0.29, 0.717) is 11.1 Å². The van der Waals surface area contributed by atoms with Gasteiger partial charge >= 0.3 is 18.1 Å². The minimum Gasteiger partial charge on any atom is -0.460 e. The van der Waals surface area contributed by atoms with Crippen LogP contribution in [0, 0.1) is 5.41 Å². The molecule has 4 nitrogen and oxygen atoms in total. The van der Waals surface area contributed by atoms with Crippen LogP contribution < -0.4 is 0 Å². The molecule has 0 aromatic heterocycles. The number of esters is 2. The molecule has 0 saturated carbocycles. The van der Waals surface area contributed by atoms with Gasteiger partial charge in [0.15, 0.2) is 5.41 Å². The van der Waals surface area contributed by atoms with Gasteiger partial charge in [-0.05, 0) is 24.5 Å². The van der Waals surface area contributed by atoms with Gasteiger partial charge in [-0.2, -0.15) is 13.2 Å². The second-order valence-corrected chi connectivity index (χ2v) is 6.60. The first kappa shape index (κ1) is 22.2. The molecule has 7 heteroatoms. The van der Waals surface area contributed by atoms with E-state index in [1.54, 1.807) is 60.7 Å². The Morgan fingerprint density at radius 2 is 1.24 bits per heavy atom. The van der Waals surface area contributed by atoms with Gasteiger partial charge in [-0.3, -0.25) is 9.59 Å². The van der Waals surface area contributed by atoms with E-state index in [-0.39, 0.29) is 19.3 Å². The zero-order valence-electron chi connectivity index (χ0n) is 15.8. The topological polar surface area (TPSA) is 52.6 Å². The summed E-state index contributed by atoms with van der Waals surface area (Å²) in [5.74, 6) is -1.91. The molecule has 0 bridgehead atoms. The molecule has 0 saturated heterocycles. The number of ether oxygens (including phenoxy) is 2. The first-order valence-corrected chi connectivity index (χ1v) is 8.87. The average molecular weight is 406 g/mol. The Hall–Kier alpha value is -3.09. The van der Waals surface area contributed by atoms with Crippen LogP contribution >= 0.6 is 0 Å². The zero-order chi connectivity index (χ0) is 21.3. The molecule has 0 aliphatic rings. The monoisotopic (exact) mass is 406 g/mol. The molecule has 29 heavy (non-hydrogen) atoms. The van der Waals surface area contributed by atoms with Crippen LogP contribution in [0.5, 0.6) is 0 Å². The Labute approximate surface area is 166 Å². The highest BCUT2D eigenvalue weighted by atomic mass is 19.4. The Kier molecular flexibility index (Phi) is 7.59. The number of alkyl halides is 3. The lowest BCUT2D eigenvalue weighted by Crippen LogP contribution is -2.39. The highest BCUT2D eigenvalue weighted by Gasteiger charge is 2.44. The molecule has 154 valence electrons. The zero-order valence-corrected chi connectivity index (χ0v) is 15.8. The summed E-state index contributed by atoms with van der Waals surface area (Å²) in [6.07, 6.45) is -4.34. The normalized spacial score (nSPS) is 12.0. The number of halogens is 3. The molecule has 0 fully saturated rings. The maximum absolute atomic E-state index is 12.6. The third-order valence-electron chi connectivity index (χ3n) is 4.16. The van der Waals surface area contributed by atoms with Crippen molar-refractivity contribution in [2.75, 3.05) is 0 Å². The van der Waals surface area contributed by atoms with E-state index in [2.05, 4.69) is 0 Å². The fraction of sp³-hybridized carbons (Fsp3) is 0.273. The van der Waals surface area contributed by atoms with Crippen LogP contribution in [0.25, 0.3) is 0 Å².